The van der Waals surface area contributed by atoms with E-state index in [0.717, 1.165) is 21.8 Å². The number of thioether (sulfide) groups is 1. The summed E-state index contributed by atoms with van der Waals surface area (Å²) in [6.07, 6.45) is 1.58. The average Bonchev–Trinajstić information content (AvgIpc) is 3.42. The van der Waals surface area contributed by atoms with Gasteiger partial charge in [0.25, 0.3) is 0 Å². The number of furan rings is 1. The second-order valence-corrected chi connectivity index (χ2v) is 8.26. The molecule has 1 amide bonds. The Labute approximate surface area is 187 Å². The SMILES string of the molecule is O=C(CSc1nc(-c2ccc(Cl)cc2)[nH]c1-c1ccc(Cl)cc1)NCc1ccco1. The molecule has 5 nitrogen and oxygen atoms in total. The Hall–Kier alpha value is -2.67. The zero-order chi connectivity index (χ0) is 20.9. The molecule has 0 bridgehead atoms. The quantitative estimate of drug-likeness (QED) is 0.331. The number of amides is 1. The van der Waals surface area contributed by atoms with Gasteiger partial charge in [0, 0.05) is 21.2 Å². The van der Waals surface area contributed by atoms with Gasteiger partial charge in [0.1, 0.15) is 16.6 Å². The number of carbonyl (C=O) groups is 1. The van der Waals surface area contributed by atoms with Crippen molar-refractivity contribution in [3.8, 4) is 22.6 Å². The van der Waals surface area contributed by atoms with Crippen LogP contribution in [0.1, 0.15) is 5.76 Å². The van der Waals surface area contributed by atoms with Crippen molar-refractivity contribution in [1.29, 1.82) is 0 Å². The third-order valence-electron chi connectivity index (χ3n) is 4.30. The summed E-state index contributed by atoms with van der Waals surface area (Å²) in [5.74, 6) is 1.54. The fourth-order valence-electron chi connectivity index (χ4n) is 2.80. The summed E-state index contributed by atoms with van der Waals surface area (Å²) in [5.41, 5.74) is 2.68. The van der Waals surface area contributed by atoms with Crippen molar-refractivity contribution < 1.29 is 9.21 Å². The molecule has 2 heterocycles. The van der Waals surface area contributed by atoms with Crippen LogP contribution in [-0.4, -0.2) is 21.6 Å². The summed E-state index contributed by atoms with van der Waals surface area (Å²) < 4.78 is 5.23. The number of aromatic amines is 1. The Balaban J connectivity index is 1.54. The van der Waals surface area contributed by atoms with Crippen LogP contribution in [0.5, 0.6) is 0 Å². The average molecular weight is 458 g/mol. The third-order valence-corrected chi connectivity index (χ3v) is 5.78. The molecule has 0 radical (unpaired) electrons. The first kappa shape index (κ1) is 20.6. The minimum atomic E-state index is -0.102. The van der Waals surface area contributed by atoms with Crippen molar-refractivity contribution in [2.45, 2.75) is 11.6 Å². The molecular weight excluding hydrogens is 441 g/mol. The third kappa shape index (κ3) is 5.08. The van der Waals surface area contributed by atoms with Gasteiger partial charge < -0.3 is 14.7 Å². The summed E-state index contributed by atoms with van der Waals surface area (Å²) in [6.45, 7) is 0.354. The molecule has 0 aliphatic carbocycles. The predicted octanol–water partition coefficient (Wildman–Crippen LogP) is 6.05. The highest BCUT2D eigenvalue weighted by atomic mass is 35.5. The standard InChI is InChI=1S/C22H17Cl2N3O2S/c23-16-7-3-14(4-8-16)20-22(27-21(26-20)15-5-9-17(24)10-6-15)30-13-19(28)25-12-18-2-1-11-29-18/h1-11H,12-13H2,(H,25,28)(H,26,27). The summed E-state index contributed by atoms with van der Waals surface area (Å²) in [7, 11) is 0. The minimum Gasteiger partial charge on any atom is -0.467 e. The highest BCUT2D eigenvalue weighted by molar-refractivity contribution is 8.00. The maximum absolute atomic E-state index is 12.3. The first-order chi connectivity index (χ1) is 14.6. The molecule has 30 heavy (non-hydrogen) atoms. The molecular formula is C22H17Cl2N3O2S. The van der Waals surface area contributed by atoms with Gasteiger partial charge in [-0.3, -0.25) is 4.79 Å². The molecule has 2 aromatic heterocycles. The summed E-state index contributed by atoms with van der Waals surface area (Å²) in [6, 6.07) is 18.5. The number of aromatic nitrogens is 2. The highest BCUT2D eigenvalue weighted by Gasteiger charge is 2.16. The van der Waals surface area contributed by atoms with E-state index < -0.39 is 0 Å². The number of benzene rings is 2. The van der Waals surface area contributed by atoms with E-state index >= 15 is 0 Å². The lowest BCUT2D eigenvalue weighted by Crippen LogP contribution is -2.24. The molecule has 0 saturated heterocycles. The Bertz CT molecular complexity index is 1120. The maximum Gasteiger partial charge on any atom is 0.230 e. The van der Waals surface area contributed by atoms with Crippen LogP contribution in [-0.2, 0) is 11.3 Å². The Morgan fingerprint density at radius 1 is 1.00 bits per heavy atom. The number of hydrogen-bond donors (Lipinski definition) is 2. The van der Waals surface area contributed by atoms with Gasteiger partial charge in [-0.1, -0.05) is 47.1 Å². The maximum atomic E-state index is 12.3. The van der Waals surface area contributed by atoms with Crippen molar-refractivity contribution in [3.63, 3.8) is 0 Å². The largest absolute Gasteiger partial charge is 0.467 e. The fourth-order valence-corrected chi connectivity index (χ4v) is 3.89. The molecule has 4 aromatic rings. The molecule has 2 aromatic carbocycles. The van der Waals surface area contributed by atoms with E-state index in [1.54, 1.807) is 12.3 Å². The van der Waals surface area contributed by atoms with Crippen LogP contribution in [0.4, 0.5) is 0 Å². The van der Waals surface area contributed by atoms with Crippen LogP contribution in [0.3, 0.4) is 0 Å². The normalized spacial score (nSPS) is 10.9. The number of nitrogens with zero attached hydrogens (tertiary/aromatic N) is 1. The molecule has 0 unspecified atom stereocenters. The Morgan fingerprint density at radius 2 is 1.67 bits per heavy atom. The van der Waals surface area contributed by atoms with Gasteiger partial charge in [0.05, 0.1) is 24.3 Å². The molecule has 4 rings (SSSR count). The van der Waals surface area contributed by atoms with Crippen molar-refractivity contribution in [3.05, 3.63) is 82.7 Å². The molecule has 8 heteroatoms. The van der Waals surface area contributed by atoms with Gasteiger partial charge in [-0.25, -0.2) is 4.98 Å². The van der Waals surface area contributed by atoms with Crippen LogP contribution in [0, 0.1) is 0 Å². The number of rotatable bonds is 7. The first-order valence-electron chi connectivity index (χ1n) is 9.12. The summed E-state index contributed by atoms with van der Waals surface area (Å²) in [4.78, 5) is 20.4. The molecule has 0 saturated carbocycles. The van der Waals surface area contributed by atoms with Crippen LogP contribution in [0.25, 0.3) is 22.6 Å². The summed E-state index contributed by atoms with van der Waals surface area (Å²) in [5, 5.41) is 4.89. The highest BCUT2D eigenvalue weighted by Crippen LogP contribution is 2.33. The molecule has 0 atom stereocenters. The second-order valence-electron chi connectivity index (χ2n) is 6.42. The van der Waals surface area contributed by atoms with E-state index in [2.05, 4.69) is 10.3 Å². The monoisotopic (exact) mass is 457 g/mol. The molecule has 152 valence electrons. The molecule has 0 spiro atoms. The smallest absolute Gasteiger partial charge is 0.230 e. The Morgan fingerprint density at radius 3 is 2.30 bits per heavy atom. The lowest BCUT2D eigenvalue weighted by atomic mass is 10.2. The van der Waals surface area contributed by atoms with Crippen molar-refractivity contribution in [2.24, 2.45) is 0 Å². The number of halogens is 2. The van der Waals surface area contributed by atoms with Gasteiger partial charge in [-0.15, -0.1) is 0 Å². The van der Waals surface area contributed by atoms with Crippen LogP contribution in [0.15, 0.2) is 76.4 Å². The molecule has 0 aliphatic rings. The van der Waals surface area contributed by atoms with Crippen LogP contribution in [0.2, 0.25) is 10.0 Å². The first-order valence-corrected chi connectivity index (χ1v) is 10.9. The van der Waals surface area contributed by atoms with Crippen molar-refractivity contribution >= 4 is 40.9 Å². The van der Waals surface area contributed by atoms with Gasteiger partial charge in [0.2, 0.25) is 5.91 Å². The topological polar surface area (TPSA) is 70.9 Å². The molecule has 0 aliphatic heterocycles. The van der Waals surface area contributed by atoms with Crippen LogP contribution >= 0.6 is 35.0 Å². The predicted molar refractivity (Wildman–Crippen MR) is 121 cm³/mol. The molecule has 2 N–H and O–H groups in total. The van der Waals surface area contributed by atoms with Gasteiger partial charge >= 0.3 is 0 Å². The Kier molecular flexibility index (Phi) is 6.47. The van der Waals surface area contributed by atoms with Crippen LogP contribution < -0.4 is 5.32 Å². The lowest BCUT2D eigenvalue weighted by Gasteiger charge is -2.04. The number of H-pyrrole nitrogens is 1. The van der Waals surface area contributed by atoms with E-state index in [0.29, 0.717) is 28.2 Å². The summed E-state index contributed by atoms with van der Waals surface area (Å²) >= 11 is 13.4. The number of carbonyl (C=O) groups excluding carboxylic acids is 1. The minimum absolute atomic E-state index is 0.102. The van der Waals surface area contributed by atoms with E-state index in [9.17, 15) is 4.79 Å². The fraction of sp³-hybridized carbons (Fsp3) is 0.0909. The zero-order valence-corrected chi connectivity index (χ0v) is 18.0. The zero-order valence-electron chi connectivity index (χ0n) is 15.7. The van der Waals surface area contributed by atoms with Gasteiger partial charge in [0.15, 0.2) is 0 Å². The van der Waals surface area contributed by atoms with Gasteiger partial charge in [-0.05, 0) is 48.5 Å². The second kappa shape index (κ2) is 9.43. The van der Waals surface area contributed by atoms with E-state index in [-0.39, 0.29) is 11.7 Å². The lowest BCUT2D eigenvalue weighted by molar-refractivity contribution is -0.118. The van der Waals surface area contributed by atoms with Crippen molar-refractivity contribution in [1.82, 2.24) is 15.3 Å². The molecule has 0 fully saturated rings. The van der Waals surface area contributed by atoms with E-state index in [1.165, 1.54) is 11.8 Å². The van der Waals surface area contributed by atoms with E-state index in [4.69, 9.17) is 32.6 Å². The van der Waals surface area contributed by atoms with Gasteiger partial charge in [-0.2, -0.15) is 0 Å². The number of nitrogens with one attached hydrogen (secondary N) is 2. The number of hydrogen-bond acceptors (Lipinski definition) is 4. The van der Waals surface area contributed by atoms with E-state index in [1.807, 2.05) is 54.6 Å². The van der Waals surface area contributed by atoms with Crippen molar-refractivity contribution in [2.75, 3.05) is 5.75 Å². The number of imidazole rings is 1.